The number of rotatable bonds is 4. The third-order valence-corrected chi connectivity index (χ3v) is 3.40. The van der Waals surface area contributed by atoms with Gasteiger partial charge in [-0.25, -0.2) is 9.97 Å². The average Bonchev–Trinajstić information content (AvgIpc) is 2.69. The summed E-state index contributed by atoms with van der Waals surface area (Å²) in [6.07, 6.45) is 2.87. The largest absolute Gasteiger partial charge is 0.308 e. The minimum atomic E-state index is 0.406. The maximum atomic E-state index is 6.00. The van der Waals surface area contributed by atoms with Gasteiger partial charge in [0.2, 0.25) is 0 Å². The van der Waals surface area contributed by atoms with Crippen LogP contribution in [0.3, 0.4) is 0 Å². The second-order valence-corrected chi connectivity index (χ2v) is 4.86. The van der Waals surface area contributed by atoms with Crippen molar-refractivity contribution < 1.29 is 0 Å². The molecule has 0 aliphatic rings. The van der Waals surface area contributed by atoms with Crippen LogP contribution in [0.2, 0.25) is 0 Å². The molecular formula is C13H18ClN3. The number of hydrogen-bond donors (Lipinski definition) is 0. The minimum absolute atomic E-state index is 0.406. The average molecular weight is 252 g/mol. The van der Waals surface area contributed by atoms with E-state index < -0.39 is 0 Å². The van der Waals surface area contributed by atoms with Gasteiger partial charge >= 0.3 is 0 Å². The van der Waals surface area contributed by atoms with Gasteiger partial charge in [0.05, 0.1) is 5.88 Å². The van der Waals surface area contributed by atoms with Crippen LogP contribution in [0, 0.1) is 5.92 Å². The monoisotopic (exact) mass is 251 g/mol. The number of hydrogen-bond acceptors (Lipinski definition) is 2. The fraction of sp³-hybridized carbons (Fsp3) is 0.538. The number of alkyl halides is 1. The number of fused-ring (bicyclic) bond motifs is 1. The fourth-order valence-electron chi connectivity index (χ4n) is 2.37. The number of halogens is 1. The smallest absolute Gasteiger partial charge is 0.160 e. The molecule has 0 aliphatic carbocycles. The molecule has 92 valence electrons. The zero-order chi connectivity index (χ0) is 12.4. The predicted octanol–water partition coefficient (Wildman–Crippen LogP) is 3.78. The van der Waals surface area contributed by atoms with E-state index in [4.69, 9.17) is 11.6 Å². The van der Waals surface area contributed by atoms with Crippen molar-refractivity contribution in [2.24, 2.45) is 5.92 Å². The second kappa shape index (κ2) is 5.05. The van der Waals surface area contributed by atoms with E-state index in [1.54, 1.807) is 0 Å². The molecule has 2 heterocycles. The van der Waals surface area contributed by atoms with Gasteiger partial charge in [-0.1, -0.05) is 20.8 Å². The zero-order valence-electron chi connectivity index (χ0n) is 10.5. The molecule has 0 aliphatic heterocycles. The molecule has 17 heavy (non-hydrogen) atoms. The summed E-state index contributed by atoms with van der Waals surface area (Å²) in [5.74, 6) is 1.89. The molecule has 0 radical (unpaired) electrons. The first-order valence-electron chi connectivity index (χ1n) is 6.06. The maximum Gasteiger partial charge on any atom is 0.160 e. The molecule has 0 bridgehead atoms. The lowest BCUT2D eigenvalue weighted by atomic mass is 10.0. The van der Waals surface area contributed by atoms with E-state index in [1.807, 2.05) is 18.3 Å². The van der Waals surface area contributed by atoms with Gasteiger partial charge in [-0.15, -0.1) is 11.6 Å². The van der Waals surface area contributed by atoms with E-state index in [9.17, 15) is 0 Å². The van der Waals surface area contributed by atoms with Crippen molar-refractivity contribution in [1.29, 1.82) is 0 Å². The molecule has 0 spiro atoms. The highest BCUT2D eigenvalue weighted by Gasteiger charge is 2.20. The zero-order valence-corrected chi connectivity index (χ0v) is 11.3. The Morgan fingerprint density at radius 3 is 2.76 bits per heavy atom. The van der Waals surface area contributed by atoms with E-state index >= 15 is 0 Å². The Balaban J connectivity index is 2.64. The van der Waals surface area contributed by atoms with Crippen LogP contribution < -0.4 is 0 Å². The van der Waals surface area contributed by atoms with Crippen molar-refractivity contribution in [2.45, 2.75) is 39.1 Å². The molecule has 0 fully saturated rings. The molecule has 1 unspecified atom stereocenters. The lowest BCUT2D eigenvalue weighted by molar-refractivity contribution is 0.365. The van der Waals surface area contributed by atoms with Crippen LogP contribution in [0.4, 0.5) is 0 Å². The van der Waals surface area contributed by atoms with Crippen molar-refractivity contribution in [2.75, 3.05) is 0 Å². The van der Waals surface area contributed by atoms with Crippen molar-refractivity contribution in [3.05, 3.63) is 24.2 Å². The van der Waals surface area contributed by atoms with E-state index in [-0.39, 0.29) is 0 Å². The number of pyridine rings is 1. The summed E-state index contributed by atoms with van der Waals surface area (Å²) in [6.45, 7) is 6.64. The molecule has 0 N–H and O–H groups in total. The quantitative estimate of drug-likeness (QED) is 0.775. The lowest BCUT2D eigenvalue weighted by Crippen LogP contribution is -2.17. The van der Waals surface area contributed by atoms with E-state index in [0.717, 1.165) is 23.4 Å². The van der Waals surface area contributed by atoms with Crippen LogP contribution >= 0.6 is 11.6 Å². The highest BCUT2D eigenvalue weighted by Crippen LogP contribution is 2.28. The summed E-state index contributed by atoms with van der Waals surface area (Å²) >= 11 is 6.00. The first kappa shape index (κ1) is 12.4. The van der Waals surface area contributed by atoms with Crippen LogP contribution in [0.5, 0.6) is 0 Å². The second-order valence-electron chi connectivity index (χ2n) is 4.60. The molecule has 3 nitrogen and oxygen atoms in total. The first-order valence-corrected chi connectivity index (χ1v) is 6.60. The molecule has 0 saturated carbocycles. The summed E-state index contributed by atoms with van der Waals surface area (Å²) in [4.78, 5) is 8.99. The Morgan fingerprint density at radius 2 is 2.18 bits per heavy atom. The third kappa shape index (κ3) is 2.16. The third-order valence-electron chi connectivity index (χ3n) is 3.16. The van der Waals surface area contributed by atoms with Gasteiger partial charge in [0, 0.05) is 12.2 Å². The summed E-state index contributed by atoms with van der Waals surface area (Å²) < 4.78 is 2.20. The Morgan fingerprint density at radius 1 is 1.41 bits per heavy atom. The maximum absolute atomic E-state index is 6.00. The number of nitrogens with zero attached hydrogens (tertiary/aromatic N) is 3. The topological polar surface area (TPSA) is 30.7 Å². The molecule has 2 aromatic rings. The van der Waals surface area contributed by atoms with E-state index in [2.05, 4.69) is 35.3 Å². The van der Waals surface area contributed by atoms with Crippen molar-refractivity contribution >= 4 is 22.8 Å². The normalized spacial score (nSPS) is 13.5. The van der Waals surface area contributed by atoms with Crippen LogP contribution in [-0.4, -0.2) is 14.5 Å². The Bertz CT molecular complexity index is 504. The van der Waals surface area contributed by atoms with Gasteiger partial charge in [-0.05, 0) is 24.5 Å². The standard InChI is InChI=1S/C13H18ClN3/c1-4-11(9(2)3)17-12(8-14)16-10-6-5-7-15-13(10)17/h5-7,9,11H,4,8H2,1-3H3. The molecule has 2 aromatic heterocycles. The summed E-state index contributed by atoms with van der Waals surface area (Å²) in [5, 5.41) is 0. The van der Waals surface area contributed by atoms with Gasteiger partial charge in [-0.3, -0.25) is 0 Å². The summed E-state index contributed by atoms with van der Waals surface area (Å²) in [7, 11) is 0. The van der Waals surface area contributed by atoms with Crippen molar-refractivity contribution in [3.63, 3.8) is 0 Å². The predicted molar refractivity (Wildman–Crippen MR) is 71.3 cm³/mol. The Hall–Kier alpha value is -1.09. The van der Waals surface area contributed by atoms with Crippen LogP contribution in [-0.2, 0) is 5.88 Å². The minimum Gasteiger partial charge on any atom is -0.308 e. The van der Waals surface area contributed by atoms with Gasteiger partial charge in [0.25, 0.3) is 0 Å². The molecule has 1 atom stereocenters. The van der Waals surface area contributed by atoms with Crippen LogP contribution in [0.1, 0.15) is 39.1 Å². The summed E-state index contributed by atoms with van der Waals surface area (Å²) in [5.41, 5.74) is 1.88. The Kier molecular flexibility index (Phi) is 3.67. The van der Waals surface area contributed by atoms with E-state index in [0.29, 0.717) is 17.8 Å². The van der Waals surface area contributed by atoms with Crippen molar-refractivity contribution in [1.82, 2.24) is 14.5 Å². The molecule has 0 amide bonds. The van der Waals surface area contributed by atoms with Gasteiger partial charge in [0.1, 0.15) is 11.3 Å². The lowest BCUT2D eigenvalue weighted by Gasteiger charge is -2.23. The molecule has 4 heteroatoms. The van der Waals surface area contributed by atoms with Crippen LogP contribution in [0.25, 0.3) is 11.2 Å². The van der Waals surface area contributed by atoms with Gasteiger partial charge < -0.3 is 4.57 Å². The van der Waals surface area contributed by atoms with Gasteiger partial charge in [0.15, 0.2) is 5.65 Å². The first-order chi connectivity index (χ1) is 8.19. The molecule has 2 rings (SSSR count). The molecule has 0 aromatic carbocycles. The Labute approximate surface area is 107 Å². The van der Waals surface area contributed by atoms with Crippen LogP contribution in [0.15, 0.2) is 18.3 Å². The molecule has 0 saturated heterocycles. The van der Waals surface area contributed by atoms with E-state index in [1.165, 1.54) is 0 Å². The molecular weight excluding hydrogens is 234 g/mol. The highest BCUT2D eigenvalue weighted by atomic mass is 35.5. The number of aromatic nitrogens is 3. The van der Waals surface area contributed by atoms with Crippen molar-refractivity contribution in [3.8, 4) is 0 Å². The highest BCUT2D eigenvalue weighted by molar-refractivity contribution is 6.16. The fourth-order valence-corrected chi connectivity index (χ4v) is 2.56. The van der Waals surface area contributed by atoms with Gasteiger partial charge in [-0.2, -0.15) is 0 Å². The number of imidazole rings is 1. The SMILES string of the molecule is CCC(C(C)C)n1c(CCl)nc2cccnc21. The summed E-state index contributed by atoms with van der Waals surface area (Å²) in [6, 6.07) is 4.30.